The van der Waals surface area contributed by atoms with Crippen LogP contribution in [0.25, 0.3) is 0 Å². The quantitative estimate of drug-likeness (QED) is 0.799. The molecule has 1 aromatic rings. The van der Waals surface area contributed by atoms with Gasteiger partial charge in [-0.3, -0.25) is 4.79 Å². The van der Waals surface area contributed by atoms with Crippen LogP contribution in [0, 0.1) is 5.41 Å². The van der Waals surface area contributed by atoms with Crippen LogP contribution in [0.2, 0.25) is 0 Å². The van der Waals surface area contributed by atoms with Crippen LogP contribution in [0.5, 0.6) is 0 Å². The van der Waals surface area contributed by atoms with E-state index in [1.54, 1.807) is 0 Å². The van der Waals surface area contributed by atoms with E-state index in [0.717, 1.165) is 12.8 Å². The van der Waals surface area contributed by atoms with E-state index >= 15 is 0 Å². The lowest BCUT2D eigenvalue weighted by molar-refractivity contribution is -0.127. The average molecular weight is 219 g/mol. The summed E-state index contributed by atoms with van der Waals surface area (Å²) in [6.45, 7) is 4.42. The molecule has 0 fully saturated rings. The molecule has 2 heteroatoms. The van der Waals surface area contributed by atoms with Crippen molar-refractivity contribution < 1.29 is 4.79 Å². The molecule has 1 aromatic carbocycles. The van der Waals surface area contributed by atoms with Gasteiger partial charge in [0, 0.05) is 18.4 Å². The molecule has 1 unspecified atom stereocenters. The number of Topliss-reactive ketones (excluding diaryl/α,β-unsaturated/α-hetero) is 1. The lowest BCUT2D eigenvalue weighted by Crippen LogP contribution is -2.35. The average Bonchev–Trinajstić information content (AvgIpc) is 2.36. The van der Waals surface area contributed by atoms with Crippen LogP contribution >= 0.6 is 0 Å². The zero-order valence-corrected chi connectivity index (χ0v) is 10.2. The van der Waals surface area contributed by atoms with Crippen LogP contribution in [0.3, 0.4) is 0 Å². The highest BCUT2D eigenvalue weighted by atomic mass is 16.1. The number of carbonyl (C=O) groups excluding carboxylic acids is 1. The Bertz CT molecular complexity index is 328. The first-order valence-corrected chi connectivity index (χ1v) is 5.89. The SMILES string of the molecule is CCC(C)(CN)C(=O)CCc1ccccc1. The summed E-state index contributed by atoms with van der Waals surface area (Å²) in [6, 6.07) is 10.1. The number of ketones is 1. The van der Waals surface area contributed by atoms with Gasteiger partial charge in [0.25, 0.3) is 0 Å². The normalized spacial score (nSPS) is 14.4. The number of aryl methyl sites for hydroxylation is 1. The minimum absolute atomic E-state index is 0.279. The van der Waals surface area contributed by atoms with E-state index in [0.29, 0.717) is 13.0 Å². The first-order valence-electron chi connectivity index (χ1n) is 5.89. The molecule has 2 N–H and O–H groups in total. The van der Waals surface area contributed by atoms with Gasteiger partial charge < -0.3 is 5.73 Å². The zero-order valence-electron chi connectivity index (χ0n) is 10.2. The summed E-state index contributed by atoms with van der Waals surface area (Å²) in [5.74, 6) is 0.279. The van der Waals surface area contributed by atoms with E-state index in [1.165, 1.54) is 5.56 Å². The van der Waals surface area contributed by atoms with Gasteiger partial charge >= 0.3 is 0 Å². The van der Waals surface area contributed by atoms with Gasteiger partial charge in [-0.15, -0.1) is 0 Å². The summed E-state index contributed by atoms with van der Waals surface area (Å²) in [5, 5.41) is 0. The van der Waals surface area contributed by atoms with Crippen molar-refractivity contribution in [1.29, 1.82) is 0 Å². The number of hydrogen-bond acceptors (Lipinski definition) is 2. The number of rotatable bonds is 6. The van der Waals surface area contributed by atoms with Crippen molar-refractivity contribution in [2.75, 3.05) is 6.54 Å². The molecule has 0 aliphatic heterocycles. The van der Waals surface area contributed by atoms with E-state index < -0.39 is 0 Å². The Morgan fingerprint density at radius 1 is 1.31 bits per heavy atom. The van der Waals surface area contributed by atoms with Gasteiger partial charge in [0.15, 0.2) is 0 Å². The van der Waals surface area contributed by atoms with E-state index in [4.69, 9.17) is 5.73 Å². The smallest absolute Gasteiger partial charge is 0.140 e. The Labute approximate surface area is 97.9 Å². The van der Waals surface area contributed by atoms with Crippen molar-refractivity contribution in [1.82, 2.24) is 0 Å². The van der Waals surface area contributed by atoms with Crippen molar-refractivity contribution in [3.63, 3.8) is 0 Å². The van der Waals surface area contributed by atoms with Crippen molar-refractivity contribution in [3.05, 3.63) is 35.9 Å². The van der Waals surface area contributed by atoms with Crippen molar-refractivity contribution in [3.8, 4) is 0 Å². The van der Waals surface area contributed by atoms with E-state index in [1.807, 2.05) is 32.0 Å². The number of hydrogen-bond donors (Lipinski definition) is 1. The minimum Gasteiger partial charge on any atom is -0.329 e. The second-order valence-corrected chi connectivity index (χ2v) is 4.53. The molecule has 0 aliphatic rings. The van der Waals surface area contributed by atoms with Gasteiger partial charge in [0.1, 0.15) is 5.78 Å². The summed E-state index contributed by atoms with van der Waals surface area (Å²) in [4.78, 5) is 12.0. The molecule has 0 aliphatic carbocycles. The standard InChI is InChI=1S/C14H21NO/c1-3-14(2,11-15)13(16)10-9-12-7-5-4-6-8-12/h4-8H,3,9-11,15H2,1-2H3. The van der Waals surface area contributed by atoms with E-state index in [9.17, 15) is 4.79 Å². The lowest BCUT2D eigenvalue weighted by atomic mass is 9.81. The third-order valence-corrected chi connectivity index (χ3v) is 3.39. The summed E-state index contributed by atoms with van der Waals surface area (Å²) in [6.07, 6.45) is 2.22. The van der Waals surface area contributed by atoms with Crippen LogP contribution in [-0.4, -0.2) is 12.3 Å². The molecule has 1 atom stereocenters. The maximum atomic E-state index is 12.0. The maximum Gasteiger partial charge on any atom is 0.140 e. The summed E-state index contributed by atoms with van der Waals surface area (Å²) in [7, 11) is 0. The van der Waals surface area contributed by atoms with Gasteiger partial charge in [-0.1, -0.05) is 44.2 Å². The topological polar surface area (TPSA) is 43.1 Å². The van der Waals surface area contributed by atoms with Crippen LogP contribution < -0.4 is 5.73 Å². The van der Waals surface area contributed by atoms with Crippen LogP contribution in [-0.2, 0) is 11.2 Å². The number of benzene rings is 1. The van der Waals surface area contributed by atoms with Crippen molar-refractivity contribution in [2.45, 2.75) is 33.1 Å². The fraction of sp³-hybridized carbons (Fsp3) is 0.500. The molecule has 0 radical (unpaired) electrons. The Balaban J connectivity index is 2.53. The van der Waals surface area contributed by atoms with Crippen LogP contribution in [0.15, 0.2) is 30.3 Å². The number of nitrogens with two attached hydrogens (primary N) is 1. The van der Waals surface area contributed by atoms with Gasteiger partial charge in [0.2, 0.25) is 0 Å². The molecule has 1 rings (SSSR count). The summed E-state index contributed by atoms with van der Waals surface area (Å²) in [5.41, 5.74) is 6.54. The molecule has 88 valence electrons. The largest absolute Gasteiger partial charge is 0.329 e. The molecule has 0 spiro atoms. The van der Waals surface area contributed by atoms with Gasteiger partial charge in [-0.2, -0.15) is 0 Å². The van der Waals surface area contributed by atoms with E-state index in [2.05, 4.69) is 12.1 Å². The molecular weight excluding hydrogens is 198 g/mol. The fourth-order valence-electron chi connectivity index (χ4n) is 1.66. The predicted octanol–water partition coefficient (Wildman–Crippen LogP) is 2.56. The maximum absolute atomic E-state index is 12.0. The summed E-state index contributed by atoms with van der Waals surface area (Å²) < 4.78 is 0. The van der Waals surface area contributed by atoms with E-state index in [-0.39, 0.29) is 11.2 Å². The highest BCUT2D eigenvalue weighted by molar-refractivity contribution is 5.84. The molecule has 16 heavy (non-hydrogen) atoms. The monoisotopic (exact) mass is 219 g/mol. The minimum atomic E-state index is -0.339. The second kappa shape index (κ2) is 5.80. The molecule has 0 saturated carbocycles. The third-order valence-electron chi connectivity index (χ3n) is 3.39. The number of carbonyl (C=O) groups is 1. The Kier molecular flexibility index (Phi) is 4.69. The molecule has 0 aromatic heterocycles. The zero-order chi connectivity index (χ0) is 12.0. The molecule has 0 amide bonds. The molecule has 2 nitrogen and oxygen atoms in total. The molecule has 0 saturated heterocycles. The Morgan fingerprint density at radius 2 is 1.94 bits per heavy atom. The summed E-state index contributed by atoms with van der Waals surface area (Å²) >= 11 is 0. The highest BCUT2D eigenvalue weighted by Crippen LogP contribution is 2.23. The Morgan fingerprint density at radius 3 is 2.44 bits per heavy atom. The highest BCUT2D eigenvalue weighted by Gasteiger charge is 2.28. The first-order chi connectivity index (χ1) is 7.62. The first kappa shape index (κ1) is 12.9. The fourth-order valence-corrected chi connectivity index (χ4v) is 1.66. The van der Waals surface area contributed by atoms with Crippen molar-refractivity contribution in [2.24, 2.45) is 11.1 Å². The predicted molar refractivity (Wildman–Crippen MR) is 67.2 cm³/mol. The third kappa shape index (κ3) is 3.17. The van der Waals surface area contributed by atoms with Crippen LogP contribution in [0.4, 0.5) is 0 Å². The van der Waals surface area contributed by atoms with Gasteiger partial charge in [0.05, 0.1) is 0 Å². The van der Waals surface area contributed by atoms with Crippen molar-refractivity contribution >= 4 is 5.78 Å². The molecular formula is C14H21NO. The Hall–Kier alpha value is -1.15. The second-order valence-electron chi connectivity index (χ2n) is 4.53. The molecule has 0 bridgehead atoms. The lowest BCUT2D eigenvalue weighted by Gasteiger charge is -2.24. The van der Waals surface area contributed by atoms with Gasteiger partial charge in [-0.25, -0.2) is 0 Å². The van der Waals surface area contributed by atoms with Gasteiger partial charge in [-0.05, 0) is 18.4 Å². The molecule has 0 heterocycles. The van der Waals surface area contributed by atoms with Crippen LogP contribution in [0.1, 0.15) is 32.3 Å².